The van der Waals surface area contributed by atoms with Crippen molar-refractivity contribution in [3.05, 3.63) is 41.2 Å². The number of nitriles is 1. The number of likely N-dealkylation sites (tertiary alicyclic amines) is 1. The van der Waals surface area contributed by atoms with Crippen molar-refractivity contribution in [2.24, 2.45) is 5.73 Å². The van der Waals surface area contributed by atoms with Gasteiger partial charge in [-0.25, -0.2) is 8.78 Å². The van der Waals surface area contributed by atoms with Gasteiger partial charge in [-0.3, -0.25) is 14.0 Å². The van der Waals surface area contributed by atoms with Gasteiger partial charge < -0.3 is 15.4 Å². The zero-order chi connectivity index (χ0) is 25.1. The van der Waals surface area contributed by atoms with E-state index >= 15 is 0 Å². The third kappa shape index (κ3) is 5.92. The fourth-order valence-corrected chi connectivity index (χ4v) is 4.12. The summed E-state index contributed by atoms with van der Waals surface area (Å²) in [5.74, 6) is -4.19. The molecule has 1 aromatic carbocycles. The predicted octanol–water partition coefficient (Wildman–Crippen LogP) is 1.20. The van der Waals surface area contributed by atoms with Gasteiger partial charge in [0.25, 0.3) is 21.9 Å². The number of alkyl halides is 2. The largest absolute Gasteiger partial charge is 0.357 e. The molecule has 2 atom stereocenters. The fraction of sp³-hybridized carbons (Fsp3) is 0.500. The van der Waals surface area contributed by atoms with Crippen LogP contribution in [0.5, 0.6) is 0 Å². The number of amides is 1. The van der Waals surface area contributed by atoms with Crippen LogP contribution < -0.4 is 5.73 Å². The zero-order valence-electron chi connectivity index (χ0n) is 18.3. The van der Waals surface area contributed by atoms with Crippen molar-refractivity contribution in [1.29, 1.82) is 5.26 Å². The molecule has 1 saturated heterocycles. The van der Waals surface area contributed by atoms with Gasteiger partial charge in [0.2, 0.25) is 0 Å². The van der Waals surface area contributed by atoms with Crippen molar-refractivity contribution in [2.75, 3.05) is 13.1 Å². The molecule has 2 heterocycles. The highest BCUT2D eigenvalue weighted by molar-refractivity contribution is 7.85. The summed E-state index contributed by atoms with van der Waals surface area (Å²) in [5.41, 5.74) is 6.27. The van der Waals surface area contributed by atoms with Crippen LogP contribution >= 0.6 is 0 Å². The topological polar surface area (TPSA) is 164 Å². The normalized spacial score (nSPS) is 18.6. The Bertz CT molecular complexity index is 1200. The van der Waals surface area contributed by atoms with Crippen molar-refractivity contribution in [2.45, 2.75) is 55.9 Å². The second-order valence-electron chi connectivity index (χ2n) is 7.97. The molecule has 0 unspecified atom stereocenters. The summed E-state index contributed by atoms with van der Waals surface area (Å²) in [4.78, 5) is 13.6. The van der Waals surface area contributed by atoms with E-state index in [1.807, 2.05) is 0 Å². The number of nitrogens with zero attached hydrogens (tertiary/aromatic N) is 5. The van der Waals surface area contributed by atoms with Gasteiger partial charge in [0.1, 0.15) is 11.7 Å². The van der Waals surface area contributed by atoms with Crippen LogP contribution in [0.15, 0.2) is 29.3 Å². The quantitative estimate of drug-likeness (QED) is 0.483. The van der Waals surface area contributed by atoms with E-state index in [9.17, 15) is 31.8 Å². The second-order valence-corrected chi connectivity index (χ2v) is 9.39. The molecule has 11 nitrogen and oxygen atoms in total. The number of ether oxygens (including phenoxy) is 1. The number of aromatic nitrogens is 3. The van der Waals surface area contributed by atoms with E-state index in [1.54, 1.807) is 19.2 Å². The molecule has 0 bridgehead atoms. The highest BCUT2D eigenvalue weighted by Crippen LogP contribution is 2.35. The van der Waals surface area contributed by atoms with Crippen LogP contribution in [-0.2, 0) is 32.8 Å². The molecule has 1 fully saturated rings. The molecule has 34 heavy (non-hydrogen) atoms. The molecule has 1 aromatic heterocycles. The Balaban J connectivity index is 1.95. The number of carbonyl (C=O) groups excluding carboxylic acids is 1. The van der Waals surface area contributed by atoms with Gasteiger partial charge in [0.05, 0.1) is 30.3 Å². The van der Waals surface area contributed by atoms with Crippen LogP contribution in [0.25, 0.3) is 0 Å². The molecule has 1 amide bonds. The van der Waals surface area contributed by atoms with Gasteiger partial charge in [-0.2, -0.15) is 13.7 Å². The molecule has 184 valence electrons. The molecule has 0 spiro atoms. The Kier molecular flexibility index (Phi) is 7.61. The van der Waals surface area contributed by atoms with Crippen LogP contribution in [-0.4, -0.2) is 63.8 Å². The smallest absolute Gasteiger partial charge is 0.294 e. The van der Waals surface area contributed by atoms with Gasteiger partial charge in [0, 0.05) is 13.0 Å². The van der Waals surface area contributed by atoms with Crippen molar-refractivity contribution >= 4 is 16.0 Å². The fourth-order valence-electron chi connectivity index (χ4n) is 3.61. The Labute approximate surface area is 194 Å². The number of benzene rings is 1. The summed E-state index contributed by atoms with van der Waals surface area (Å²) in [6, 6.07) is 3.86. The molecule has 1 aliphatic rings. The summed E-state index contributed by atoms with van der Waals surface area (Å²) >= 11 is 0. The third-order valence-electron chi connectivity index (χ3n) is 5.33. The molecule has 0 saturated carbocycles. The van der Waals surface area contributed by atoms with E-state index < -0.39 is 52.0 Å². The first-order chi connectivity index (χ1) is 15.9. The summed E-state index contributed by atoms with van der Waals surface area (Å²) in [6.07, 6.45) is -0.131. The number of halogens is 2. The number of aryl methyl sites for hydroxylation is 2. The Morgan fingerprint density at radius 3 is 2.85 bits per heavy atom. The maximum Gasteiger partial charge on any atom is 0.294 e. The first kappa shape index (κ1) is 25.6. The van der Waals surface area contributed by atoms with Crippen LogP contribution in [0.1, 0.15) is 35.8 Å². The Morgan fingerprint density at radius 2 is 2.21 bits per heavy atom. The van der Waals surface area contributed by atoms with Gasteiger partial charge in [0.15, 0.2) is 6.10 Å². The molecule has 3 N–H and O–H groups in total. The van der Waals surface area contributed by atoms with Crippen molar-refractivity contribution in [3.63, 3.8) is 0 Å². The molecule has 14 heteroatoms. The number of carbonyl (C=O) groups is 1. The molecular weight excluding hydrogens is 474 g/mol. The van der Waals surface area contributed by atoms with Crippen molar-refractivity contribution < 1.29 is 31.3 Å². The van der Waals surface area contributed by atoms with Crippen LogP contribution in [0, 0.1) is 18.3 Å². The summed E-state index contributed by atoms with van der Waals surface area (Å²) in [7, 11) is -4.62. The predicted molar refractivity (Wildman–Crippen MR) is 113 cm³/mol. The molecule has 0 aliphatic carbocycles. The molecule has 0 radical (unpaired) electrons. The number of rotatable bonds is 9. The van der Waals surface area contributed by atoms with Crippen LogP contribution in [0.3, 0.4) is 0 Å². The van der Waals surface area contributed by atoms with Crippen LogP contribution in [0.4, 0.5) is 8.78 Å². The zero-order valence-corrected chi connectivity index (χ0v) is 19.1. The molecule has 3 rings (SSSR count). The first-order valence-electron chi connectivity index (χ1n) is 10.3. The summed E-state index contributed by atoms with van der Waals surface area (Å²) in [5, 5.41) is 17.2. The van der Waals surface area contributed by atoms with Gasteiger partial charge >= 0.3 is 0 Å². The molecule has 2 aromatic rings. The lowest BCUT2D eigenvalue weighted by atomic mass is 10.0. The monoisotopic (exact) mass is 498 g/mol. The average molecular weight is 499 g/mol. The maximum atomic E-state index is 14.0. The van der Waals surface area contributed by atoms with E-state index in [1.165, 1.54) is 10.7 Å². The Morgan fingerprint density at radius 1 is 1.47 bits per heavy atom. The van der Waals surface area contributed by atoms with Crippen molar-refractivity contribution in [1.82, 2.24) is 19.9 Å². The van der Waals surface area contributed by atoms with E-state index in [0.717, 1.165) is 17.0 Å². The lowest BCUT2D eigenvalue weighted by Crippen LogP contribution is -2.40. The summed E-state index contributed by atoms with van der Waals surface area (Å²) in [6.45, 7) is 1.29. The number of hydrogen-bond donors (Lipinski definition) is 2. The van der Waals surface area contributed by atoms with Crippen molar-refractivity contribution in [3.8, 4) is 6.07 Å². The van der Waals surface area contributed by atoms with E-state index in [2.05, 4.69) is 10.3 Å². The SMILES string of the molecule is Cc1ccc(S(=O)(=O)O)cc1[C@H](OCc1cn(CCCN)nn1)C(=O)N1CC(F)(F)C[C@H]1C#N. The summed E-state index contributed by atoms with van der Waals surface area (Å²) < 4.78 is 68.0. The van der Waals surface area contributed by atoms with Gasteiger partial charge in [-0.05, 0) is 43.1 Å². The minimum Gasteiger partial charge on any atom is -0.357 e. The third-order valence-corrected chi connectivity index (χ3v) is 6.18. The Hall–Kier alpha value is -2.99. The van der Waals surface area contributed by atoms with Gasteiger partial charge in [-0.15, -0.1) is 5.10 Å². The van der Waals surface area contributed by atoms with E-state index in [0.29, 0.717) is 30.8 Å². The highest BCUT2D eigenvalue weighted by Gasteiger charge is 2.49. The van der Waals surface area contributed by atoms with E-state index in [4.69, 9.17) is 10.5 Å². The van der Waals surface area contributed by atoms with E-state index in [-0.39, 0.29) is 12.2 Å². The average Bonchev–Trinajstić information content (AvgIpc) is 3.35. The first-order valence-corrected chi connectivity index (χ1v) is 11.8. The molecule has 1 aliphatic heterocycles. The minimum atomic E-state index is -4.62. The minimum absolute atomic E-state index is 0.0440. The van der Waals surface area contributed by atoms with Gasteiger partial charge in [-0.1, -0.05) is 11.3 Å². The maximum absolute atomic E-state index is 14.0. The standard InChI is InChI=1S/C20H24F2N6O5S/c1-13-3-4-16(34(30,31)32)7-17(13)18(19(29)28-12-20(21,22)8-15(28)9-24)33-11-14-10-27(26-25-14)6-2-5-23/h3-4,7,10,15,18H,2,5-6,8,11-12,23H2,1H3,(H,30,31,32)/t15-,18-/m0/s1. The lowest BCUT2D eigenvalue weighted by molar-refractivity contribution is -0.146. The number of hydrogen-bond acceptors (Lipinski definition) is 8. The number of nitrogens with two attached hydrogens (primary N) is 1. The molecular formula is C20H24F2N6O5S. The highest BCUT2D eigenvalue weighted by atomic mass is 32.2. The lowest BCUT2D eigenvalue weighted by Gasteiger charge is -2.26. The van der Waals surface area contributed by atoms with Crippen LogP contribution in [0.2, 0.25) is 0 Å². The second kappa shape index (κ2) is 10.1.